The Kier molecular flexibility index (Phi) is 6.01. The first-order valence-electron chi connectivity index (χ1n) is 8.82. The Labute approximate surface area is 169 Å². The molecular formula is C18H23N5O3S2. The highest BCUT2D eigenvalue weighted by molar-refractivity contribution is 7.93. The van der Waals surface area contributed by atoms with Crippen molar-refractivity contribution < 1.29 is 13.2 Å². The van der Waals surface area contributed by atoms with E-state index in [9.17, 15) is 13.2 Å². The molecule has 150 valence electrons. The van der Waals surface area contributed by atoms with E-state index in [4.69, 9.17) is 12.2 Å². The highest BCUT2D eigenvalue weighted by Gasteiger charge is 2.36. The van der Waals surface area contributed by atoms with Crippen molar-refractivity contribution in [3.63, 3.8) is 0 Å². The van der Waals surface area contributed by atoms with Crippen LogP contribution in [0.25, 0.3) is 10.8 Å². The summed E-state index contributed by atoms with van der Waals surface area (Å²) in [6.07, 6.45) is 0.900. The van der Waals surface area contributed by atoms with Crippen LogP contribution in [0.1, 0.15) is 6.42 Å². The van der Waals surface area contributed by atoms with Gasteiger partial charge in [0.2, 0.25) is 0 Å². The number of amides is 1. The first kappa shape index (κ1) is 20.3. The maximum absolute atomic E-state index is 12.9. The zero-order valence-electron chi connectivity index (χ0n) is 15.7. The van der Waals surface area contributed by atoms with Crippen LogP contribution in [0.15, 0.2) is 41.3 Å². The lowest BCUT2D eigenvalue weighted by atomic mass is 10.1. The van der Waals surface area contributed by atoms with Gasteiger partial charge in [0.25, 0.3) is 15.9 Å². The number of rotatable bonds is 6. The fourth-order valence-electron chi connectivity index (χ4n) is 3.07. The Hall–Kier alpha value is -2.43. The lowest BCUT2D eigenvalue weighted by Crippen LogP contribution is -2.50. The van der Waals surface area contributed by atoms with Crippen molar-refractivity contribution in [3.8, 4) is 0 Å². The van der Waals surface area contributed by atoms with E-state index in [-0.39, 0.29) is 16.6 Å². The molecule has 0 radical (unpaired) electrons. The van der Waals surface area contributed by atoms with Crippen LogP contribution in [-0.2, 0) is 14.8 Å². The number of carbonyl (C=O) groups excluding carboxylic acids is 1. The van der Waals surface area contributed by atoms with Crippen molar-refractivity contribution in [2.45, 2.75) is 11.3 Å². The fraction of sp³-hybridized carbons (Fsp3) is 0.333. The molecule has 8 nitrogen and oxygen atoms in total. The SMILES string of the molecule is CN(C)CCCNC(=S)NNC(=O)CN1c2cccc3cccc(c23)S1(=O)=O. The molecule has 1 amide bonds. The van der Waals surface area contributed by atoms with E-state index >= 15 is 0 Å². The normalized spacial score (nSPS) is 14.3. The summed E-state index contributed by atoms with van der Waals surface area (Å²) in [4.78, 5) is 14.6. The number of hydrazine groups is 1. The number of benzene rings is 2. The summed E-state index contributed by atoms with van der Waals surface area (Å²) in [5, 5.41) is 4.72. The molecular weight excluding hydrogens is 398 g/mol. The first-order valence-corrected chi connectivity index (χ1v) is 10.7. The summed E-state index contributed by atoms with van der Waals surface area (Å²) < 4.78 is 26.8. The Morgan fingerprint density at radius 3 is 2.57 bits per heavy atom. The molecule has 3 rings (SSSR count). The molecule has 28 heavy (non-hydrogen) atoms. The van der Waals surface area contributed by atoms with Gasteiger partial charge in [-0.2, -0.15) is 0 Å². The standard InChI is InChI=1S/C18H23N5O3S2/c1-22(2)11-5-10-19-18(27)21-20-16(24)12-23-14-8-3-6-13-7-4-9-15(17(13)14)28(23,25)26/h3-4,6-9H,5,10-12H2,1-2H3,(H,20,24)(H2,19,21,27). The molecule has 1 heterocycles. The summed E-state index contributed by atoms with van der Waals surface area (Å²) in [6, 6.07) is 10.4. The zero-order chi connectivity index (χ0) is 20.3. The lowest BCUT2D eigenvalue weighted by Gasteiger charge is -2.19. The average Bonchev–Trinajstić information content (AvgIpc) is 2.87. The minimum Gasteiger partial charge on any atom is -0.361 e. The average molecular weight is 422 g/mol. The monoisotopic (exact) mass is 421 g/mol. The lowest BCUT2D eigenvalue weighted by molar-refractivity contribution is -0.120. The molecule has 1 aliphatic heterocycles. The van der Waals surface area contributed by atoms with Crippen molar-refractivity contribution in [1.29, 1.82) is 0 Å². The molecule has 0 saturated heterocycles. The Bertz CT molecular complexity index is 1000. The van der Waals surface area contributed by atoms with Gasteiger partial charge in [0.15, 0.2) is 5.11 Å². The van der Waals surface area contributed by atoms with Crippen molar-refractivity contribution >= 4 is 49.7 Å². The number of anilines is 1. The van der Waals surface area contributed by atoms with Crippen molar-refractivity contribution in [2.75, 3.05) is 38.0 Å². The molecule has 2 aromatic rings. The van der Waals surface area contributed by atoms with Crippen LogP contribution in [0, 0.1) is 0 Å². The predicted octanol–water partition coefficient (Wildman–Crippen LogP) is 0.796. The van der Waals surface area contributed by atoms with E-state index < -0.39 is 15.9 Å². The number of hydrogen-bond donors (Lipinski definition) is 3. The molecule has 0 aromatic heterocycles. The van der Waals surface area contributed by atoms with Crippen LogP contribution < -0.4 is 20.5 Å². The third kappa shape index (κ3) is 4.18. The van der Waals surface area contributed by atoms with E-state index in [0.717, 1.165) is 22.7 Å². The van der Waals surface area contributed by atoms with Gasteiger partial charge in [-0.3, -0.25) is 20.0 Å². The topological polar surface area (TPSA) is 93.8 Å². The highest BCUT2D eigenvalue weighted by atomic mass is 32.2. The summed E-state index contributed by atoms with van der Waals surface area (Å²) in [6.45, 7) is 1.24. The van der Waals surface area contributed by atoms with E-state index in [2.05, 4.69) is 21.1 Å². The molecule has 0 atom stereocenters. The van der Waals surface area contributed by atoms with Gasteiger partial charge >= 0.3 is 0 Å². The van der Waals surface area contributed by atoms with Gasteiger partial charge < -0.3 is 10.2 Å². The molecule has 0 aliphatic carbocycles. The minimum atomic E-state index is -3.77. The van der Waals surface area contributed by atoms with E-state index in [1.807, 2.05) is 26.2 Å². The van der Waals surface area contributed by atoms with Crippen LogP contribution >= 0.6 is 12.2 Å². The van der Waals surface area contributed by atoms with Gasteiger partial charge in [-0.1, -0.05) is 24.3 Å². The minimum absolute atomic E-state index is 0.222. The number of sulfonamides is 1. The summed E-state index contributed by atoms with van der Waals surface area (Å²) in [5.74, 6) is -0.508. The molecule has 2 aromatic carbocycles. The third-order valence-corrected chi connectivity index (χ3v) is 6.40. The molecule has 0 unspecified atom stereocenters. The maximum Gasteiger partial charge on any atom is 0.265 e. The summed E-state index contributed by atoms with van der Waals surface area (Å²) in [5.41, 5.74) is 5.56. The first-order chi connectivity index (χ1) is 13.3. The van der Waals surface area contributed by atoms with Gasteiger partial charge in [-0.15, -0.1) is 0 Å². The second kappa shape index (κ2) is 8.29. The van der Waals surface area contributed by atoms with Crippen molar-refractivity contribution in [3.05, 3.63) is 36.4 Å². The van der Waals surface area contributed by atoms with E-state index in [1.165, 1.54) is 0 Å². The van der Waals surface area contributed by atoms with Gasteiger partial charge in [0.1, 0.15) is 6.54 Å². The number of carbonyl (C=O) groups is 1. The van der Waals surface area contributed by atoms with Crippen LogP contribution in [0.5, 0.6) is 0 Å². The van der Waals surface area contributed by atoms with Crippen molar-refractivity contribution in [1.82, 2.24) is 21.1 Å². The van der Waals surface area contributed by atoms with Gasteiger partial charge in [-0.25, -0.2) is 8.42 Å². The zero-order valence-corrected chi connectivity index (χ0v) is 17.4. The second-order valence-electron chi connectivity index (χ2n) is 6.73. The largest absolute Gasteiger partial charge is 0.361 e. The van der Waals surface area contributed by atoms with Crippen LogP contribution in [0.2, 0.25) is 0 Å². The van der Waals surface area contributed by atoms with E-state index in [1.54, 1.807) is 24.3 Å². The van der Waals surface area contributed by atoms with Crippen LogP contribution in [0.4, 0.5) is 5.69 Å². The predicted molar refractivity (Wildman–Crippen MR) is 114 cm³/mol. The summed E-state index contributed by atoms with van der Waals surface area (Å²) >= 11 is 5.11. The van der Waals surface area contributed by atoms with Gasteiger partial charge in [-0.05, 0) is 56.8 Å². The number of hydrogen-bond acceptors (Lipinski definition) is 5. The summed E-state index contributed by atoms with van der Waals surface area (Å²) in [7, 11) is 0.210. The smallest absolute Gasteiger partial charge is 0.265 e. The molecule has 10 heteroatoms. The highest BCUT2D eigenvalue weighted by Crippen LogP contribution is 2.41. The van der Waals surface area contributed by atoms with Gasteiger partial charge in [0.05, 0.1) is 10.6 Å². The number of nitrogens with zero attached hydrogens (tertiary/aromatic N) is 2. The quantitative estimate of drug-likeness (QED) is 0.361. The fourth-order valence-corrected chi connectivity index (χ4v) is 4.89. The molecule has 0 fully saturated rings. The molecule has 3 N–H and O–H groups in total. The Morgan fingerprint density at radius 1 is 1.14 bits per heavy atom. The van der Waals surface area contributed by atoms with Crippen molar-refractivity contribution in [2.24, 2.45) is 0 Å². The second-order valence-corrected chi connectivity index (χ2v) is 8.97. The van der Waals surface area contributed by atoms with Crippen LogP contribution in [-0.4, -0.2) is 58.1 Å². The van der Waals surface area contributed by atoms with Crippen LogP contribution in [0.3, 0.4) is 0 Å². The molecule has 1 aliphatic rings. The number of nitrogens with one attached hydrogen (secondary N) is 3. The maximum atomic E-state index is 12.9. The van der Waals surface area contributed by atoms with Gasteiger partial charge in [0, 0.05) is 11.9 Å². The Morgan fingerprint density at radius 2 is 1.86 bits per heavy atom. The molecule has 0 bridgehead atoms. The number of thiocarbonyl (C=S) groups is 1. The van der Waals surface area contributed by atoms with E-state index in [0.29, 0.717) is 17.6 Å². The Balaban J connectivity index is 1.59. The molecule has 0 spiro atoms. The third-order valence-electron chi connectivity index (χ3n) is 4.35. The molecule has 0 saturated carbocycles.